The van der Waals surface area contributed by atoms with Gasteiger partial charge in [0.25, 0.3) is 0 Å². The summed E-state index contributed by atoms with van der Waals surface area (Å²) >= 11 is 0. The Kier molecular flexibility index (Phi) is 2.28. The van der Waals surface area contributed by atoms with Gasteiger partial charge in [0.15, 0.2) is 0 Å². The molecule has 60 valence electrons. The van der Waals surface area contributed by atoms with Crippen molar-refractivity contribution >= 4 is 0 Å². The summed E-state index contributed by atoms with van der Waals surface area (Å²) in [6.07, 6.45) is 1.89. The largest absolute Gasteiger partial charge is 0.261 e. The summed E-state index contributed by atoms with van der Waals surface area (Å²) in [5.74, 6) is 0.608. The molecule has 0 aliphatic heterocycles. The van der Waals surface area contributed by atoms with Crippen LogP contribution in [0.15, 0.2) is 12.3 Å². The molecule has 0 bridgehead atoms. The molecule has 1 aromatic heterocycles. The Morgan fingerprint density at radius 2 is 1.91 bits per heavy atom. The van der Waals surface area contributed by atoms with E-state index in [0.29, 0.717) is 5.92 Å². The smallest absolute Gasteiger partial charge is 0.0404 e. The van der Waals surface area contributed by atoms with E-state index < -0.39 is 0 Å². The fraction of sp³-hybridized carbons (Fsp3) is 0.500. The van der Waals surface area contributed by atoms with Crippen molar-refractivity contribution in [3.8, 4) is 0 Å². The van der Waals surface area contributed by atoms with E-state index >= 15 is 0 Å². The molecule has 1 heterocycles. The lowest BCUT2D eigenvalue weighted by atomic mass is 9.98. The number of aromatic nitrogens is 1. The van der Waals surface area contributed by atoms with Gasteiger partial charge in [-0.05, 0) is 37.0 Å². The fourth-order valence-electron chi connectivity index (χ4n) is 1.29. The second-order valence-electron chi connectivity index (χ2n) is 3.27. The minimum absolute atomic E-state index is 0.608. The standard InChI is InChI=1S/C10H15N/c1-7(2)10-5-6-11-9(4)8(10)3/h5-7H,1-4H3. The van der Waals surface area contributed by atoms with Crippen LogP contribution in [0.25, 0.3) is 0 Å². The first-order chi connectivity index (χ1) is 5.13. The van der Waals surface area contributed by atoms with Crippen LogP contribution in [0.2, 0.25) is 0 Å². The van der Waals surface area contributed by atoms with E-state index in [0.717, 1.165) is 5.69 Å². The van der Waals surface area contributed by atoms with E-state index in [4.69, 9.17) is 0 Å². The summed E-state index contributed by atoms with van der Waals surface area (Å²) in [6, 6.07) is 2.10. The number of aryl methyl sites for hydroxylation is 1. The number of nitrogens with zero attached hydrogens (tertiary/aromatic N) is 1. The molecule has 1 rings (SSSR count). The molecule has 0 unspecified atom stereocenters. The Balaban J connectivity index is 3.17. The molecule has 0 atom stereocenters. The molecule has 0 fully saturated rings. The van der Waals surface area contributed by atoms with E-state index in [1.54, 1.807) is 0 Å². The van der Waals surface area contributed by atoms with E-state index in [2.05, 4.69) is 38.7 Å². The SMILES string of the molecule is Cc1nccc(C(C)C)c1C. The topological polar surface area (TPSA) is 12.9 Å². The van der Waals surface area contributed by atoms with Crippen molar-refractivity contribution in [1.29, 1.82) is 0 Å². The summed E-state index contributed by atoms with van der Waals surface area (Å²) in [6.45, 7) is 8.61. The maximum absolute atomic E-state index is 4.22. The summed E-state index contributed by atoms with van der Waals surface area (Å²) in [4.78, 5) is 4.22. The monoisotopic (exact) mass is 149 g/mol. The molecule has 0 radical (unpaired) electrons. The number of rotatable bonds is 1. The molecule has 0 spiro atoms. The van der Waals surface area contributed by atoms with Gasteiger partial charge in [-0.25, -0.2) is 0 Å². The van der Waals surface area contributed by atoms with E-state index in [-0.39, 0.29) is 0 Å². The van der Waals surface area contributed by atoms with Gasteiger partial charge in [0.1, 0.15) is 0 Å². The molecule has 0 saturated heterocycles. The predicted molar refractivity (Wildman–Crippen MR) is 47.8 cm³/mol. The normalized spacial score (nSPS) is 10.6. The van der Waals surface area contributed by atoms with Crippen molar-refractivity contribution < 1.29 is 0 Å². The van der Waals surface area contributed by atoms with Crippen LogP contribution in [0.5, 0.6) is 0 Å². The maximum Gasteiger partial charge on any atom is 0.0404 e. The van der Waals surface area contributed by atoms with Crippen LogP contribution < -0.4 is 0 Å². The molecule has 0 aromatic carbocycles. The second kappa shape index (κ2) is 3.04. The van der Waals surface area contributed by atoms with Gasteiger partial charge in [-0.2, -0.15) is 0 Å². The van der Waals surface area contributed by atoms with Crippen LogP contribution in [0.1, 0.15) is 36.6 Å². The van der Waals surface area contributed by atoms with Gasteiger partial charge in [0.2, 0.25) is 0 Å². The third kappa shape index (κ3) is 1.59. The van der Waals surface area contributed by atoms with Gasteiger partial charge in [0, 0.05) is 11.9 Å². The minimum atomic E-state index is 0.608. The lowest BCUT2D eigenvalue weighted by Crippen LogP contribution is -1.95. The summed E-state index contributed by atoms with van der Waals surface area (Å²) < 4.78 is 0. The Labute approximate surface area is 68.5 Å². The van der Waals surface area contributed by atoms with Crippen molar-refractivity contribution in [2.75, 3.05) is 0 Å². The molecule has 0 saturated carbocycles. The average molecular weight is 149 g/mol. The molecule has 0 aliphatic rings. The van der Waals surface area contributed by atoms with Crippen molar-refractivity contribution in [3.05, 3.63) is 29.1 Å². The molecule has 1 heteroatoms. The van der Waals surface area contributed by atoms with Crippen LogP contribution in [0.4, 0.5) is 0 Å². The third-order valence-corrected chi connectivity index (χ3v) is 2.12. The highest BCUT2D eigenvalue weighted by atomic mass is 14.7. The van der Waals surface area contributed by atoms with Crippen LogP contribution in [-0.2, 0) is 0 Å². The highest BCUT2D eigenvalue weighted by molar-refractivity contribution is 5.29. The fourth-order valence-corrected chi connectivity index (χ4v) is 1.29. The molecule has 0 amide bonds. The molecule has 0 N–H and O–H groups in total. The number of hydrogen-bond acceptors (Lipinski definition) is 1. The molecular weight excluding hydrogens is 134 g/mol. The van der Waals surface area contributed by atoms with Gasteiger partial charge < -0.3 is 0 Å². The Morgan fingerprint density at radius 1 is 1.27 bits per heavy atom. The molecule has 0 aliphatic carbocycles. The summed E-state index contributed by atoms with van der Waals surface area (Å²) in [5.41, 5.74) is 3.90. The molecule has 1 nitrogen and oxygen atoms in total. The lowest BCUT2D eigenvalue weighted by molar-refractivity contribution is 0.846. The van der Waals surface area contributed by atoms with E-state index in [1.807, 2.05) is 6.20 Å². The zero-order valence-electron chi connectivity index (χ0n) is 7.68. The lowest BCUT2D eigenvalue weighted by Gasteiger charge is -2.10. The molecular formula is C10H15N. The van der Waals surface area contributed by atoms with Gasteiger partial charge in [-0.3, -0.25) is 4.98 Å². The van der Waals surface area contributed by atoms with Crippen molar-refractivity contribution in [3.63, 3.8) is 0 Å². The molecule has 1 aromatic rings. The second-order valence-corrected chi connectivity index (χ2v) is 3.27. The number of hydrogen-bond donors (Lipinski definition) is 0. The van der Waals surface area contributed by atoms with Crippen LogP contribution in [0, 0.1) is 13.8 Å². The predicted octanol–water partition coefficient (Wildman–Crippen LogP) is 2.82. The zero-order chi connectivity index (χ0) is 8.43. The Hall–Kier alpha value is -0.850. The van der Waals surface area contributed by atoms with E-state index in [1.165, 1.54) is 11.1 Å². The first-order valence-corrected chi connectivity index (χ1v) is 4.05. The third-order valence-electron chi connectivity index (χ3n) is 2.12. The van der Waals surface area contributed by atoms with Gasteiger partial charge >= 0.3 is 0 Å². The van der Waals surface area contributed by atoms with Crippen LogP contribution >= 0.6 is 0 Å². The zero-order valence-corrected chi connectivity index (χ0v) is 7.68. The summed E-state index contributed by atoms with van der Waals surface area (Å²) in [7, 11) is 0. The maximum atomic E-state index is 4.22. The molecule has 11 heavy (non-hydrogen) atoms. The van der Waals surface area contributed by atoms with E-state index in [9.17, 15) is 0 Å². The van der Waals surface area contributed by atoms with Gasteiger partial charge in [-0.15, -0.1) is 0 Å². The van der Waals surface area contributed by atoms with Crippen LogP contribution in [-0.4, -0.2) is 4.98 Å². The van der Waals surface area contributed by atoms with Gasteiger partial charge in [-0.1, -0.05) is 13.8 Å². The summed E-state index contributed by atoms with van der Waals surface area (Å²) in [5, 5.41) is 0. The first kappa shape index (κ1) is 8.25. The Bertz CT molecular complexity index is 251. The highest BCUT2D eigenvalue weighted by Crippen LogP contribution is 2.19. The van der Waals surface area contributed by atoms with Crippen molar-refractivity contribution in [1.82, 2.24) is 4.98 Å². The van der Waals surface area contributed by atoms with Crippen molar-refractivity contribution in [2.24, 2.45) is 0 Å². The minimum Gasteiger partial charge on any atom is -0.261 e. The first-order valence-electron chi connectivity index (χ1n) is 4.05. The number of pyridine rings is 1. The van der Waals surface area contributed by atoms with Crippen molar-refractivity contribution in [2.45, 2.75) is 33.6 Å². The quantitative estimate of drug-likeness (QED) is 0.598. The van der Waals surface area contributed by atoms with Crippen LogP contribution in [0.3, 0.4) is 0 Å². The van der Waals surface area contributed by atoms with Gasteiger partial charge in [0.05, 0.1) is 0 Å². The average Bonchev–Trinajstić information content (AvgIpc) is 1.94. The highest BCUT2D eigenvalue weighted by Gasteiger charge is 2.04. The Morgan fingerprint density at radius 3 is 2.36 bits per heavy atom.